The summed E-state index contributed by atoms with van der Waals surface area (Å²) in [6.07, 6.45) is -0.598. The Kier molecular flexibility index (Phi) is 3.87. The molecule has 2 N–H and O–H groups in total. The molecule has 0 spiro atoms. The highest BCUT2D eigenvalue weighted by Crippen LogP contribution is 2.21. The second-order valence-electron chi connectivity index (χ2n) is 4.62. The molecule has 0 saturated heterocycles. The first-order valence-electron chi connectivity index (χ1n) is 6.69. The first-order valence-corrected chi connectivity index (χ1v) is 6.69. The van der Waals surface area contributed by atoms with Crippen molar-refractivity contribution in [3.63, 3.8) is 0 Å². The van der Waals surface area contributed by atoms with Gasteiger partial charge in [0.15, 0.2) is 0 Å². The molecule has 3 rings (SSSR count). The predicted molar refractivity (Wildman–Crippen MR) is 82.3 cm³/mol. The number of hydrogen-bond donors (Lipinski definition) is 2. The molecule has 0 atom stereocenters. The number of amides is 1. The van der Waals surface area contributed by atoms with E-state index in [2.05, 4.69) is 10.3 Å². The summed E-state index contributed by atoms with van der Waals surface area (Å²) in [5.74, 6) is 0.613. The maximum absolute atomic E-state index is 13.2. The van der Waals surface area contributed by atoms with Gasteiger partial charge in [-0.1, -0.05) is 30.3 Å². The zero-order valence-corrected chi connectivity index (χ0v) is 11.5. The molecule has 1 amide bonds. The lowest BCUT2D eigenvalue weighted by Gasteiger charge is -2.04. The monoisotopic (exact) mass is 296 g/mol. The smallest absolute Gasteiger partial charge is 0.410 e. The second-order valence-corrected chi connectivity index (χ2v) is 4.62. The average molecular weight is 296 g/mol. The van der Waals surface area contributed by atoms with Crippen LogP contribution in [0.4, 0.5) is 15.0 Å². The molecule has 0 aliphatic heterocycles. The van der Waals surface area contributed by atoms with Crippen LogP contribution in [0.3, 0.4) is 0 Å². The van der Waals surface area contributed by atoms with E-state index in [9.17, 15) is 9.18 Å². The number of carbonyl (C=O) groups excluding carboxylic acids is 1. The van der Waals surface area contributed by atoms with E-state index in [-0.39, 0.29) is 5.82 Å². The van der Waals surface area contributed by atoms with E-state index in [1.54, 1.807) is 48.5 Å². The molecule has 0 radical (unpaired) electrons. The van der Waals surface area contributed by atoms with Crippen LogP contribution in [-0.4, -0.2) is 11.1 Å². The highest BCUT2D eigenvalue weighted by molar-refractivity contribution is 5.85. The van der Waals surface area contributed by atoms with Crippen molar-refractivity contribution in [2.45, 2.75) is 0 Å². The number of hydrogen-bond acceptors (Lipinski definition) is 2. The van der Waals surface area contributed by atoms with Crippen LogP contribution in [0.2, 0.25) is 0 Å². The molecule has 22 heavy (non-hydrogen) atoms. The summed E-state index contributed by atoms with van der Waals surface area (Å²) in [6.45, 7) is 0. The van der Waals surface area contributed by atoms with Gasteiger partial charge in [-0.15, -0.1) is 0 Å². The van der Waals surface area contributed by atoms with Crippen LogP contribution in [-0.2, 0) is 0 Å². The van der Waals surface area contributed by atoms with Crippen LogP contribution in [0, 0.1) is 5.82 Å². The van der Waals surface area contributed by atoms with Gasteiger partial charge in [0, 0.05) is 11.3 Å². The number of benzene rings is 2. The zero-order valence-electron chi connectivity index (χ0n) is 11.5. The Morgan fingerprint density at radius 1 is 1.00 bits per heavy atom. The number of rotatable bonds is 3. The van der Waals surface area contributed by atoms with E-state index < -0.39 is 6.09 Å². The van der Waals surface area contributed by atoms with E-state index in [4.69, 9.17) is 4.74 Å². The van der Waals surface area contributed by atoms with Crippen LogP contribution in [0.15, 0.2) is 66.7 Å². The number of para-hydroxylation sites is 1. The molecular weight excluding hydrogens is 283 g/mol. The van der Waals surface area contributed by atoms with Crippen molar-refractivity contribution in [3.05, 3.63) is 72.5 Å². The van der Waals surface area contributed by atoms with Gasteiger partial charge in [0.05, 0.1) is 0 Å². The topological polar surface area (TPSA) is 54.1 Å². The third-order valence-corrected chi connectivity index (χ3v) is 3.01. The summed E-state index contributed by atoms with van der Waals surface area (Å²) in [5, 5.41) is 2.58. The van der Waals surface area contributed by atoms with Gasteiger partial charge in [-0.05, 0) is 36.4 Å². The van der Waals surface area contributed by atoms with Gasteiger partial charge in [0.2, 0.25) is 0 Å². The normalized spacial score (nSPS) is 10.2. The Hall–Kier alpha value is -3.08. The maximum Gasteiger partial charge on any atom is 0.418 e. The zero-order chi connectivity index (χ0) is 15.4. The third-order valence-electron chi connectivity index (χ3n) is 3.01. The molecule has 4 nitrogen and oxygen atoms in total. The summed E-state index contributed by atoms with van der Waals surface area (Å²) in [5.41, 5.74) is 1.40. The molecule has 0 aliphatic carbocycles. The molecule has 0 fully saturated rings. The number of nitrogens with one attached hydrogen (secondary N) is 2. The van der Waals surface area contributed by atoms with Crippen molar-refractivity contribution in [1.82, 2.24) is 4.98 Å². The van der Waals surface area contributed by atoms with Gasteiger partial charge in [0.1, 0.15) is 17.4 Å². The van der Waals surface area contributed by atoms with Crippen LogP contribution < -0.4 is 10.1 Å². The molecule has 0 saturated carbocycles. The summed E-state index contributed by atoms with van der Waals surface area (Å²) in [4.78, 5) is 14.8. The molecule has 5 heteroatoms. The molecule has 0 unspecified atom stereocenters. The van der Waals surface area contributed by atoms with E-state index in [0.717, 1.165) is 0 Å². The number of halogens is 1. The Morgan fingerprint density at radius 3 is 2.59 bits per heavy atom. The van der Waals surface area contributed by atoms with E-state index >= 15 is 0 Å². The number of carbonyl (C=O) groups is 1. The number of anilines is 1. The summed E-state index contributed by atoms with van der Waals surface area (Å²) in [7, 11) is 0. The number of aromatic amines is 1. The molecule has 2 aromatic carbocycles. The second kappa shape index (κ2) is 6.13. The van der Waals surface area contributed by atoms with Crippen molar-refractivity contribution in [3.8, 4) is 17.0 Å². The van der Waals surface area contributed by atoms with Crippen molar-refractivity contribution in [2.75, 3.05) is 5.32 Å². The van der Waals surface area contributed by atoms with Crippen molar-refractivity contribution >= 4 is 11.9 Å². The number of ether oxygens (including phenoxy) is 1. The van der Waals surface area contributed by atoms with Gasteiger partial charge >= 0.3 is 6.09 Å². The molecule has 0 bridgehead atoms. The highest BCUT2D eigenvalue weighted by Gasteiger charge is 2.07. The van der Waals surface area contributed by atoms with Crippen LogP contribution in [0.5, 0.6) is 5.75 Å². The van der Waals surface area contributed by atoms with Gasteiger partial charge < -0.3 is 9.72 Å². The van der Waals surface area contributed by atoms with Crippen LogP contribution >= 0.6 is 0 Å². The SMILES string of the molecule is O=C(Nc1ccc(-c2cccc(F)c2)[nH]1)Oc1ccccc1. The molecule has 0 aliphatic rings. The van der Waals surface area contributed by atoms with Crippen LogP contribution in [0.25, 0.3) is 11.3 Å². The Morgan fingerprint density at radius 2 is 1.82 bits per heavy atom. The molecule has 1 aromatic heterocycles. The fraction of sp³-hybridized carbons (Fsp3) is 0. The van der Waals surface area contributed by atoms with Crippen molar-refractivity contribution in [2.24, 2.45) is 0 Å². The lowest BCUT2D eigenvalue weighted by Crippen LogP contribution is -2.16. The van der Waals surface area contributed by atoms with Gasteiger partial charge in [-0.2, -0.15) is 0 Å². The molecule has 3 aromatic rings. The minimum atomic E-state index is -0.598. The lowest BCUT2D eigenvalue weighted by atomic mass is 10.1. The summed E-state index contributed by atoms with van der Waals surface area (Å²) >= 11 is 0. The minimum Gasteiger partial charge on any atom is -0.410 e. The fourth-order valence-electron chi connectivity index (χ4n) is 2.02. The first-order chi connectivity index (χ1) is 10.7. The minimum absolute atomic E-state index is 0.315. The molecule has 110 valence electrons. The van der Waals surface area contributed by atoms with Gasteiger partial charge in [-0.3, -0.25) is 5.32 Å². The third kappa shape index (κ3) is 3.32. The Labute approximate surface area is 126 Å². The van der Waals surface area contributed by atoms with Gasteiger partial charge in [0.25, 0.3) is 0 Å². The predicted octanol–water partition coefficient (Wildman–Crippen LogP) is 4.43. The Balaban J connectivity index is 1.68. The molecule has 1 heterocycles. The van der Waals surface area contributed by atoms with Crippen molar-refractivity contribution < 1.29 is 13.9 Å². The largest absolute Gasteiger partial charge is 0.418 e. The van der Waals surface area contributed by atoms with E-state index in [1.165, 1.54) is 12.1 Å². The van der Waals surface area contributed by atoms with E-state index in [0.29, 0.717) is 22.8 Å². The van der Waals surface area contributed by atoms with E-state index in [1.807, 2.05) is 6.07 Å². The van der Waals surface area contributed by atoms with Crippen molar-refractivity contribution in [1.29, 1.82) is 0 Å². The highest BCUT2D eigenvalue weighted by atomic mass is 19.1. The van der Waals surface area contributed by atoms with Crippen LogP contribution in [0.1, 0.15) is 0 Å². The first kappa shape index (κ1) is 13.9. The average Bonchev–Trinajstić information content (AvgIpc) is 2.96. The Bertz CT molecular complexity index is 784. The maximum atomic E-state index is 13.2. The quantitative estimate of drug-likeness (QED) is 0.751. The lowest BCUT2D eigenvalue weighted by molar-refractivity contribution is 0.215. The fourth-order valence-corrected chi connectivity index (χ4v) is 2.02. The standard InChI is InChI=1S/C17H13FN2O2/c18-13-6-4-5-12(11-13)15-9-10-16(19-15)20-17(21)22-14-7-2-1-3-8-14/h1-11,19H,(H,20,21). The summed E-state index contributed by atoms with van der Waals surface area (Å²) in [6, 6.07) is 18.4. The van der Waals surface area contributed by atoms with Gasteiger partial charge in [-0.25, -0.2) is 9.18 Å². The number of H-pyrrole nitrogens is 1. The summed E-state index contributed by atoms with van der Waals surface area (Å²) < 4.78 is 18.3. The number of aromatic nitrogens is 1. The molecular formula is C17H13FN2O2.